The second kappa shape index (κ2) is 5.96. The Morgan fingerprint density at radius 2 is 1.85 bits per heavy atom. The third kappa shape index (κ3) is 2.77. The highest BCUT2D eigenvalue weighted by Gasteiger charge is 2.20. The fourth-order valence-electron chi connectivity index (χ4n) is 1.87. The van der Waals surface area contributed by atoms with Gasteiger partial charge in [0.05, 0.1) is 6.61 Å². The molecule has 1 unspecified atom stereocenters. The molecule has 0 spiro atoms. The summed E-state index contributed by atoms with van der Waals surface area (Å²) in [5, 5.41) is 10.1. The highest BCUT2D eigenvalue weighted by Crippen LogP contribution is 2.28. The molecule has 0 radical (unpaired) electrons. The summed E-state index contributed by atoms with van der Waals surface area (Å²) < 4.78 is 45.0. The Bertz CT molecular complexity index is 614. The topological polar surface area (TPSA) is 29.5 Å². The Labute approximate surface area is 114 Å². The van der Waals surface area contributed by atoms with Crippen LogP contribution >= 0.6 is 0 Å². The van der Waals surface area contributed by atoms with Crippen LogP contribution < -0.4 is 4.74 Å². The maximum Gasteiger partial charge on any atom is 0.194 e. The van der Waals surface area contributed by atoms with Gasteiger partial charge in [-0.1, -0.05) is 18.2 Å². The third-order valence-electron chi connectivity index (χ3n) is 2.84. The van der Waals surface area contributed by atoms with Crippen molar-refractivity contribution in [2.75, 3.05) is 6.61 Å². The molecule has 0 aliphatic carbocycles. The lowest BCUT2D eigenvalue weighted by molar-refractivity contribution is 0.212. The van der Waals surface area contributed by atoms with E-state index in [2.05, 4.69) is 0 Å². The van der Waals surface area contributed by atoms with Gasteiger partial charge in [0.2, 0.25) is 0 Å². The smallest absolute Gasteiger partial charge is 0.194 e. The van der Waals surface area contributed by atoms with E-state index < -0.39 is 23.6 Å². The molecule has 106 valence electrons. The van der Waals surface area contributed by atoms with Gasteiger partial charge < -0.3 is 9.84 Å². The standard InChI is InChI=1S/C15H13F3O2/c1-2-20-10-5-3-4-9(8-10)15(19)11-6-7-12(16)14(18)13(11)17/h3-8,15,19H,2H2,1H3. The number of rotatable bonds is 4. The zero-order valence-corrected chi connectivity index (χ0v) is 10.7. The van der Waals surface area contributed by atoms with E-state index in [0.717, 1.165) is 12.1 Å². The summed E-state index contributed by atoms with van der Waals surface area (Å²) in [6, 6.07) is 8.18. The van der Waals surface area contributed by atoms with E-state index in [0.29, 0.717) is 17.9 Å². The molecule has 0 bridgehead atoms. The van der Waals surface area contributed by atoms with Gasteiger partial charge in [-0.2, -0.15) is 0 Å². The van der Waals surface area contributed by atoms with Crippen molar-refractivity contribution in [3.05, 3.63) is 65.0 Å². The number of aliphatic hydroxyl groups excluding tert-OH is 1. The van der Waals surface area contributed by atoms with E-state index in [1.807, 2.05) is 0 Å². The van der Waals surface area contributed by atoms with Crippen molar-refractivity contribution < 1.29 is 23.0 Å². The zero-order chi connectivity index (χ0) is 14.7. The first-order chi connectivity index (χ1) is 9.54. The Hall–Kier alpha value is -2.01. The third-order valence-corrected chi connectivity index (χ3v) is 2.84. The lowest BCUT2D eigenvalue weighted by atomic mass is 10.0. The molecule has 0 aliphatic rings. The number of aliphatic hydroxyl groups is 1. The molecule has 2 nitrogen and oxygen atoms in total. The molecule has 0 saturated carbocycles. The van der Waals surface area contributed by atoms with Crippen molar-refractivity contribution >= 4 is 0 Å². The quantitative estimate of drug-likeness (QED) is 0.868. The average molecular weight is 282 g/mol. The Morgan fingerprint density at radius 3 is 2.55 bits per heavy atom. The minimum atomic E-state index is -1.59. The first-order valence-electron chi connectivity index (χ1n) is 6.08. The molecule has 0 aromatic heterocycles. The number of halogens is 3. The van der Waals surface area contributed by atoms with Gasteiger partial charge in [0, 0.05) is 5.56 Å². The molecule has 2 aromatic carbocycles. The molecule has 0 aliphatic heterocycles. The van der Waals surface area contributed by atoms with Crippen LogP contribution in [0.3, 0.4) is 0 Å². The van der Waals surface area contributed by atoms with Crippen LogP contribution in [0.5, 0.6) is 5.75 Å². The van der Waals surface area contributed by atoms with Crippen molar-refractivity contribution in [2.45, 2.75) is 13.0 Å². The predicted octanol–water partition coefficient (Wildman–Crippen LogP) is 3.58. The van der Waals surface area contributed by atoms with Crippen LogP contribution in [0, 0.1) is 17.5 Å². The monoisotopic (exact) mass is 282 g/mol. The maximum absolute atomic E-state index is 13.6. The Balaban J connectivity index is 2.38. The molecule has 20 heavy (non-hydrogen) atoms. The maximum atomic E-state index is 13.6. The fourth-order valence-corrected chi connectivity index (χ4v) is 1.87. The van der Waals surface area contributed by atoms with Gasteiger partial charge in [-0.15, -0.1) is 0 Å². The van der Waals surface area contributed by atoms with Gasteiger partial charge >= 0.3 is 0 Å². The number of hydrogen-bond acceptors (Lipinski definition) is 2. The molecule has 0 amide bonds. The second-order valence-electron chi connectivity index (χ2n) is 4.17. The van der Waals surface area contributed by atoms with Crippen molar-refractivity contribution in [1.29, 1.82) is 0 Å². The minimum Gasteiger partial charge on any atom is -0.494 e. The summed E-state index contributed by atoms with van der Waals surface area (Å²) in [4.78, 5) is 0. The van der Waals surface area contributed by atoms with E-state index in [4.69, 9.17) is 4.74 Å². The normalized spacial score (nSPS) is 12.2. The molecule has 0 heterocycles. The highest BCUT2D eigenvalue weighted by molar-refractivity contribution is 5.36. The van der Waals surface area contributed by atoms with Crippen molar-refractivity contribution in [1.82, 2.24) is 0 Å². The van der Waals surface area contributed by atoms with Crippen LogP contribution in [-0.4, -0.2) is 11.7 Å². The summed E-state index contributed by atoms with van der Waals surface area (Å²) in [5.41, 5.74) is 0.0124. The molecule has 2 aromatic rings. The van der Waals surface area contributed by atoms with Gasteiger partial charge in [-0.05, 0) is 30.7 Å². The van der Waals surface area contributed by atoms with E-state index >= 15 is 0 Å². The zero-order valence-electron chi connectivity index (χ0n) is 10.7. The predicted molar refractivity (Wildman–Crippen MR) is 68.0 cm³/mol. The largest absolute Gasteiger partial charge is 0.494 e. The van der Waals surface area contributed by atoms with Crippen LogP contribution in [-0.2, 0) is 0 Å². The molecule has 0 fully saturated rings. The van der Waals surface area contributed by atoms with Gasteiger partial charge in [0.15, 0.2) is 17.5 Å². The summed E-state index contributed by atoms with van der Waals surface area (Å²) in [7, 11) is 0. The Kier molecular flexibility index (Phi) is 4.29. The molecule has 2 rings (SSSR count). The highest BCUT2D eigenvalue weighted by atomic mass is 19.2. The number of hydrogen-bond donors (Lipinski definition) is 1. The fraction of sp³-hybridized carbons (Fsp3) is 0.200. The van der Waals surface area contributed by atoms with Crippen molar-refractivity contribution in [2.24, 2.45) is 0 Å². The van der Waals surface area contributed by atoms with Gasteiger partial charge in [-0.3, -0.25) is 0 Å². The lowest BCUT2D eigenvalue weighted by Crippen LogP contribution is -2.06. The van der Waals surface area contributed by atoms with Gasteiger partial charge in [0.25, 0.3) is 0 Å². The van der Waals surface area contributed by atoms with Crippen LogP contribution in [0.4, 0.5) is 13.2 Å². The van der Waals surface area contributed by atoms with Crippen LogP contribution in [0.1, 0.15) is 24.2 Å². The van der Waals surface area contributed by atoms with Crippen LogP contribution in [0.15, 0.2) is 36.4 Å². The van der Waals surface area contributed by atoms with E-state index in [9.17, 15) is 18.3 Å². The van der Waals surface area contributed by atoms with Crippen molar-refractivity contribution in [3.8, 4) is 5.75 Å². The molecular weight excluding hydrogens is 269 g/mol. The molecule has 1 N–H and O–H groups in total. The second-order valence-corrected chi connectivity index (χ2v) is 4.17. The van der Waals surface area contributed by atoms with E-state index in [1.54, 1.807) is 25.1 Å². The summed E-state index contributed by atoms with van der Waals surface area (Å²) in [6.07, 6.45) is -1.40. The van der Waals surface area contributed by atoms with Crippen molar-refractivity contribution in [3.63, 3.8) is 0 Å². The first kappa shape index (κ1) is 14.4. The number of ether oxygens (including phenoxy) is 1. The van der Waals surface area contributed by atoms with Gasteiger partial charge in [-0.25, -0.2) is 13.2 Å². The summed E-state index contributed by atoms with van der Waals surface area (Å²) in [5.74, 6) is -3.77. The lowest BCUT2D eigenvalue weighted by Gasteiger charge is -2.14. The number of benzene rings is 2. The van der Waals surface area contributed by atoms with Gasteiger partial charge in [0.1, 0.15) is 11.9 Å². The van der Waals surface area contributed by atoms with E-state index in [1.165, 1.54) is 6.07 Å². The molecular formula is C15H13F3O2. The molecule has 1 atom stereocenters. The van der Waals surface area contributed by atoms with Crippen LogP contribution in [0.25, 0.3) is 0 Å². The molecule has 0 saturated heterocycles. The Morgan fingerprint density at radius 1 is 1.10 bits per heavy atom. The minimum absolute atomic E-state index is 0.322. The SMILES string of the molecule is CCOc1cccc(C(O)c2ccc(F)c(F)c2F)c1. The first-order valence-corrected chi connectivity index (χ1v) is 6.08. The van der Waals surface area contributed by atoms with E-state index in [-0.39, 0.29) is 5.56 Å². The summed E-state index contributed by atoms with van der Waals surface area (Å²) >= 11 is 0. The molecule has 5 heteroatoms. The van der Waals surface area contributed by atoms with Crippen LogP contribution in [0.2, 0.25) is 0 Å². The summed E-state index contributed by atoms with van der Waals surface area (Å²) in [6.45, 7) is 2.25. The average Bonchev–Trinajstić information content (AvgIpc) is 2.45.